The van der Waals surface area contributed by atoms with E-state index in [0.29, 0.717) is 6.04 Å². The first-order valence-electron chi connectivity index (χ1n) is 5.15. The highest BCUT2D eigenvalue weighted by molar-refractivity contribution is 5.79. The largest absolute Gasteiger partial charge is 0.339 e. The normalized spacial score (nSPS) is 25.3. The predicted octanol–water partition coefficient (Wildman–Crippen LogP) is -0.538. The number of hydrogen-bond acceptors (Lipinski definition) is 3. The Balaban J connectivity index is 2.56. The Hall–Kier alpha value is -0.810. The van der Waals surface area contributed by atoms with Crippen LogP contribution in [0.15, 0.2) is 4.99 Å². The van der Waals surface area contributed by atoms with Crippen molar-refractivity contribution in [2.24, 2.45) is 10.8 Å². The second-order valence-corrected chi connectivity index (χ2v) is 3.72. The number of hydrazine groups is 1. The molecule has 1 aliphatic rings. The van der Waals surface area contributed by atoms with Gasteiger partial charge in [-0.05, 0) is 20.9 Å². The fourth-order valence-corrected chi connectivity index (χ4v) is 1.63. The van der Waals surface area contributed by atoms with Crippen LogP contribution < -0.4 is 11.3 Å². The van der Waals surface area contributed by atoms with Gasteiger partial charge in [-0.2, -0.15) is 0 Å². The predicted molar refractivity (Wildman–Crippen MR) is 59.0 cm³/mol. The molecule has 5 nitrogen and oxygen atoms in total. The van der Waals surface area contributed by atoms with Crippen LogP contribution >= 0.6 is 0 Å². The Kier molecular flexibility index (Phi) is 4.16. The van der Waals surface area contributed by atoms with Crippen molar-refractivity contribution < 1.29 is 0 Å². The SMILES string of the molecule is CCN=C(NN)N1CCN(C)C(C)C1. The number of aliphatic imine (C=N–C) groups is 1. The molecule has 0 bridgehead atoms. The van der Waals surface area contributed by atoms with Crippen molar-refractivity contribution in [3.8, 4) is 0 Å². The number of rotatable bonds is 1. The zero-order valence-corrected chi connectivity index (χ0v) is 9.32. The maximum atomic E-state index is 5.43. The van der Waals surface area contributed by atoms with E-state index in [0.717, 1.165) is 32.1 Å². The molecule has 0 saturated carbocycles. The molecular formula is C9H21N5. The van der Waals surface area contributed by atoms with Gasteiger partial charge < -0.3 is 9.80 Å². The highest BCUT2D eigenvalue weighted by Gasteiger charge is 2.22. The Morgan fingerprint density at radius 3 is 2.79 bits per heavy atom. The van der Waals surface area contributed by atoms with Crippen LogP contribution in [-0.4, -0.2) is 55.0 Å². The fourth-order valence-electron chi connectivity index (χ4n) is 1.63. The summed E-state index contributed by atoms with van der Waals surface area (Å²) in [6.45, 7) is 8.03. The van der Waals surface area contributed by atoms with Gasteiger partial charge in [0.2, 0.25) is 5.96 Å². The maximum absolute atomic E-state index is 5.43. The quantitative estimate of drug-likeness (QED) is 0.258. The fraction of sp³-hybridized carbons (Fsp3) is 0.889. The molecule has 5 heteroatoms. The first-order chi connectivity index (χ1) is 6.69. The standard InChI is InChI=1S/C9H21N5/c1-4-11-9(12-10)14-6-5-13(3)8(2)7-14/h8H,4-7,10H2,1-3H3,(H,11,12). The highest BCUT2D eigenvalue weighted by Crippen LogP contribution is 2.06. The Labute approximate surface area is 85.9 Å². The van der Waals surface area contributed by atoms with Gasteiger partial charge in [0.15, 0.2) is 0 Å². The lowest BCUT2D eigenvalue weighted by Crippen LogP contribution is -2.56. The van der Waals surface area contributed by atoms with E-state index in [-0.39, 0.29) is 0 Å². The molecule has 1 fully saturated rings. The van der Waals surface area contributed by atoms with Gasteiger partial charge in [-0.3, -0.25) is 10.4 Å². The van der Waals surface area contributed by atoms with Crippen molar-refractivity contribution in [2.75, 3.05) is 33.2 Å². The molecule has 1 rings (SSSR count). The molecule has 0 spiro atoms. The first-order valence-corrected chi connectivity index (χ1v) is 5.15. The molecule has 1 unspecified atom stereocenters. The van der Waals surface area contributed by atoms with Crippen molar-refractivity contribution in [3.63, 3.8) is 0 Å². The van der Waals surface area contributed by atoms with Gasteiger partial charge in [-0.15, -0.1) is 0 Å². The van der Waals surface area contributed by atoms with E-state index in [9.17, 15) is 0 Å². The molecule has 0 aromatic carbocycles. The summed E-state index contributed by atoms with van der Waals surface area (Å²) >= 11 is 0. The summed E-state index contributed by atoms with van der Waals surface area (Å²) < 4.78 is 0. The average molecular weight is 199 g/mol. The summed E-state index contributed by atoms with van der Waals surface area (Å²) in [5.74, 6) is 6.25. The molecule has 82 valence electrons. The topological polar surface area (TPSA) is 56.9 Å². The highest BCUT2D eigenvalue weighted by atomic mass is 15.4. The molecule has 0 radical (unpaired) electrons. The minimum absolute atomic E-state index is 0.555. The summed E-state index contributed by atoms with van der Waals surface area (Å²) in [5, 5.41) is 0. The number of nitrogens with one attached hydrogen (secondary N) is 1. The number of hydrogen-bond donors (Lipinski definition) is 2. The van der Waals surface area contributed by atoms with E-state index in [1.54, 1.807) is 0 Å². The van der Waals surface area contributed by atoms with E-state index in [1.165, 1.54) is 0 Å². The molecule has 0 aromatic rings. The van der Waals surface area contributed by atoms with E-state index >= 15 is 0 Å². The summed E-state index contributed by atoms with van der Waals surface area (Å²) in [5.41, 5.74) is 2.67. The van der Waals surface area contributed by atoms with Gasteiger partial charge in [0.1, 0.15) is 0 Å². The molecule has 0 aliphatic carbocycles. The lowest BCUT2D eigenvalue weighted by atomic mass is 10.2. The number of nitrogens with zero attached hydrogens (tertiary/aromatic N) is 3. The first kappa shape index (κ1) is 11.3. The Morgan fingerprint density at radius 1 is 1.57 bits per heavy atom. The number of nitrogens with two attached hydrogens (primary N) is 1. The average Bonchev–Trinajstić information content (AvgIpc) is 2.19. The van der Waals surface area contributed by atoms with Gasteiger partial charge >= 0.3 is 0 Å². The zero-order chi connectivity index (χ0) is 10.6. The molecule has 14 heavy (non-hydrogen) atoms. The van der Waals surface area contributed by atoms with E-state index in [2.05, 4.69) is 34.2 Å². The smallest absolute Gasteiger partial charge is 0.208 e. The van der Waals surface area contributed by atoms with Crippen LogP contribution in [0.4, 0.5) is 0 Å². The van der Waals surface area contributed by atoms with Crippen LogP contribution in [-0.2, 0) is 0 Å². The minimum atomic E-state index is 0.555. The van der Waals surface area contributed by atoms with Crippen LogP contribution in [0.2, 0.25) is 0 Å². The molecule has 1 aliphatic heterocycles. The van der Waals surface area contributed by atoms with Gasteiger partial charge in [0.05, 0.1) is 0 Å². The molecule has 0 amide bonds. The van der Waals surface area contributed by atoms with Crippen molar-refractivity contribution in [1.82, 2.24) is 15.2 Å². The number of guanidine groups is 1. The third-order valence-corrected chi connectivity index (χ3v) is 2.70. The number of piperazine rings is 1. The molecule has 1 atom stereocenters. The maximum Gasteiger partial charge on any atom is 0.208 e. The summed E-state index contributed by atoms with van der Waals surface area (Å²) in [4.78, 5) is 8.86. The lowest BCUT2D eigenvalue weighted by molar-refractivity contribution is 0.150. The summed E-state index contributed by atoms with van der Waals surface area (Å²) in [6.07, 6.45) is 0. The Morgan fingerprint density at radius 2 is 2.29 bits per heavy atom. The Bertz CT molecular complexity index is 203. The van der Waals surface area contributed by atoms with Crippen LogP contribution in [0.25, 0.3) is 0 Å². The van der Waals surface area contributed by atoms with E-state index in [1.807, 2.05) is 6.92 Å². The van der Waals surface area contributed by atoms with Gasteiger partial charge in [0.25, 0.3) is 0 Å². The molecule has 1 saturated heterocycles. The summed E-state index contributed by atoms with van der Waals surface area (Å²) in [6, 6.07) is 0.555. The van der Waals surface area contributed by atoms with Crippen molar-refractivity contribution in [3.05, 3.63) is 0 Å². The van der Waals surface area contributed by atoms with E-state index in [4.69, 9.17) is 5.84 Å². The van der Waals surface area contributed by atoms with E-state index < -0.39 is 0 Å². The third-order valence-electron chi connectivity index (χ3n) is 2.70. The van der Waals surface area contributed by atoms with Gasteiger partial charge in [-0.25, -0.2) is 5.84 Å². The third kappa shape index (κ3) is 2.59. The van der Waals surface area contributed by atoms with Crippen molar-refractivity contribution in [1.29, 1.82) is 0 Å². The van der Waals surface area contributed by atoms with Crippen LogP contribution in [0, 0.1) is 0 Å². The molecule has 1 heterocycles. The van der Waals surface area contributed by atoms with Gasteiger partial charge in [0, 0.05) is 32.2 Å². The van der Waals surface area contributed by atoms with Crippen molar-refractivity contribution >= 4 is 5.96 Å². The second kappa shape index (κ2) is 5.17. The molecule has 0 aromatic heterocycles. The molecule has 3 N–H and O–H groups in total. The van der Waals surface area contributed by atoms with Crippen LogP contribution in [0.3, 0.4) is 0 Å². The lowest BCUT2D eigenvalue weighted by Gasteiger charge is -2.38. The number of likely N-dealkylation sites (N-methyl/N-ethyl adjacent to an activating group) is 1. The van der Waals surface area contributed by atoms with Crippen molar-refractivity contribution in [2.45, 2.75) is 19.9 Å². The second-order valence-electron chi connectivity index (χ2n) is 3.72. The summed E-state index contributed by atoms with van der Waals surface area (Å²) in [7, 11) is 2.15. The van der Waals surface area contributed by atoms with Gasteiger partial charge in [-0.1, -0.05) is 0 Å². The zero-order valence-electron chi connectivity index (χ0n) is 9.32. The van der Waals surface area contributed by atoms with Crippen LogP contribution in [0.1, 0.15) is 13.8 Å². The minimum Gasteiger partial charge on any atom is -0.339 e. The van der Waals surface area contributed by atoms with Crippen LogP contribution in [0.5, 0.6) is 0 Å². The monoisotopic (exact) mass is 199 g/mol. The molecular weight excluding hydrogens is 178 g/mol.